The van der Waals surface area contributed by atoms with Crippen molar-refractivity contribution in [1.29, 1.82) is 0 Å². The highest BCUT2D eigenvalue weighted by molar-refractivity contribution is 6.15. The summed E-state index contributed by atoms with van der Waals surface area (Å²) in [5.74, 6) is 0. The Morgan fingerprint density at radius 2 is 0.774 bits per heavy atom. The van der Waals surface area contributed by atoms with Gasteiger partial charge in [-0.1, -0.05) is 194 Å². The first-order chi connectivity index (χ1) is 30.7. The third-order valence-corrected chi connectivity index (χ3v) is 12.5. The molecule has 290 valence electrons. The van der Waals surface area contributed by atoms with Gasteiger partial charge in [0.1, 0.15) is 11.2 Å². The smallest absolute Gasteiger partial charge is 0.143 e. The van der Waals surface area contributed by atoms with Crippen LogP contribution in [-0.4, -0.2) is 0 Å². The van der Waals surface area contributed by atoms with E-state index in [-0.39, 0.29) is 0 Å². The molecule has 0 aliphatic carbocycles. The highest BCUT2D eigenvalue weighted by Crippen LogP contribution is 2.44. The number of anilines is 3. The fourth-order valence-electron chi connectivity index (χ4n) is 9.50. The van der Waals surface area contributed by atoms with Gasteiger partial charge >= 0.3 is 0 Å². The number of nitrogens with zero attached hydrogens (tertiary/aromatic N) is 1. The molecule has 1 heterocycles. The summed E-state index contributed by atoms with van der Waals surface area (Å²) < 4.78 is 6.54. The Kier molecular flexibility index (Phi) is 8.53. The van der Waals surface area contributed by atoms with E-state index in [2.05, 4.69) is 235 Å². The number of hydrogen-bond acceptors (Lipinski definition) is 2. The number of hydrogen-bond donors (Lipinski definition) is 0. The van der Waals surface area contributed by atoms with Gasteiger partial charge in [0.15, 0.2) is 0 Å². The van der Waals surface area contributed by atoms with E-state index < -0.39 is 0 Å². The lowest BCUT2D eigenvalue weighted by Gasteiger charge is -2.28. The van der Waals surface area contributed by atoms with Gasteiger partial charge in [-0.25, -0.2) is 0 Å². The monoisotopic (exact) mass is 789 g/mol. The van der Waals surface area contributed by atoms with Gasteiger partial charge in [-0.15, -0.1) is 0 Å². The van der Waals surface area contributed by atoms with Gasteiger partial charge in [0.2, 0.25) is 0 Å². The van der Waals surface area contributed by atoms with Crippen molar-refractivity contribution < 1.29 is 4.42 Å². The summed E-state index contributed by atoms with van der Waals surface area (Å²) in [7, 11) is 0. The number of para-hydroxylation sites is 1. The molecule has 0 unspecified atom stereocenters. The second-order valence-corrected chi connectivity index (χ2v) is 16.0. The van der Waals surface area contributed by atoms with E-state index in [4.69, 9.17) is 4.42 Å². The van der Waals surface area contributed by atoms with E-state index in [0.29, 0.717) is 0 Å². The molecule has 12 rings (SSSR count). The summed E-state index contributed by atoms with van der Waals surface area (Å²) in [5, 5.41) is 9.64. The van der Waals surface area contributed by atoms with Crippen LogP contribution in [0.2, 0.25) is 0 Å². The molecule has 0 aliphatic rings. The second kappa shape index (κ2) is 14.8. The van der Waals surface area contributed by atoms with Gasteiger partial charge in [0, 0.05) is 33.1 Å². The number of rotatable bonds is 7. The minimum atomic E-state index is 0.889. The Morgan fingerprint density at radius 3 is 1.53 bits per heavy atom. The fraction of sp³-hybridized carbons (Fsp3) is 0. The van der Waals surface area contributed by atoms with Gasteiger partial charge in [0.05, 0.1) is 5.69 Å². The minimum Gasteiger partial charge on any atom is -0.455 e. The first kappa shape index (κ1) is 35.7. The molecule has 0 amide bonds. The predicted molar refractivity (Wildman–Crippen MR) is 263 cm³/mol. The average Bonchev–Trinajstić information content (AvgIpc) is 3.73. The topological polar surface area (TPSA) is 16.4 Å². The molecule has 0 radical (unpaired) electrons. The second-order valence-electron chi connectivity index (χ2n) is 16.0. The molecule has 0 saturated carbocycles. The molecule has 0 saturated heterocycles. The molecular formula is C60H39NO. The van der Waals surface area contributed by atoms with Crippen LogP contribution in [-0.2, 0) is 0 Å². The third-order valence-electron chi connectivity index (χ3n) is 12.5. The average molecular weight is 790 g/mol. The maximum Gasteiger partial charge on any atom is 0.143 e. The molecule has 0 atom stereocenters. The summed E-state index contributed by atoms with van der Waals surface area (Å²) in [4.78, 5) is 2.42. The van der Waals surface area contributed by atoms with Crippen molar-refractivity contribution in [3.8, 4) is 44.5 Å². The Balaban J connectivity index is 0.968. The molecule has 0 spiro atoms. The molecule has 0 N–H and O–H groups in total. The van der Waals surface area contributed by atoms with Crippen molar-refractivity contribution in [2.45, 2.75) is 0 Å². The van der Waals surface area contributed by atoms with Gasteiger partial charge in [-0.2, -0.15) is 0 Å². The lowest BCUT2D eigenvalue weighted by atomic mass is 9.93. The van der Waals surface area contributed by atoms with Crippen LogP contribution in [0.5, 0.6) is 0 Å². The van der Waals surface area contributed by atoms with Crippen molar-refractivity contribution in [3.05, 3.63) is 237 Å². The van der Waals surface area contributed by atoms with Crippen LogP contribution < -0.4 is 4.90 Å². The number of fused-ring (bicyclic) bond motifs is 7. The molecule has 12 aromatic rings. The quantitative estimate of drug-likeness (QED) is 0.150. The zero-order valence-corrected chi connectivity index (χ0v) is 33.9. The molecular weight excluding hydrogens is 751 g/mol. The Morgan fingerprint density at radius 1 is 0.274 bits per heavy atom. The number of benzene rings is 11. The molecule has 11 aromatic carbocycles. The van der Waals surface area contributed by atoms with E-state index >= 15 is 0 Å². The van der Waals surface area contributed by atoms with Crippen molar-refractivity contribution in [1.82, 2.24) is 0 Å². The zero-order chi connectivity index (χ0) is 41.0. The maximum atomic E-state index is 6.54. The van der Waals surface area contributed by atoms with Gasteiger partial charge in [-0.3, -0.25) is 0 Å². The summed E-state index contributed by atoms with van der Waals surface area (Å²) in [6.07, 6.45) is 0. The summed E-state index contributed by atoms with van der Waals surface area (Å²) >= 11 is 0. The van der Waals surface area contributed by atoms with Gasteiger partial charge in [-0.05, 0) is 108 Å². The summed E-state index contributed by atoms with van der Waals surface area (Å²) in [6, 6.07) is 85.4. The van der Waals surface area contributed by atoms with Crippen molar-refractivity contribution in [3.63, 3.8) is 0 Å². The highest BCUT2D eigenvalue weighted by Gasteiger charge is 2.19. The zero-order valence-electron chi connectivity index (χ0n) is 33.9. The molecule has 0 fully saturated rings. The van der Waals surface area contributed by atoms with Crippen LogP contribution in [0, 0.1) is 0 Å². The predicted octanol–water partition coefficient (Wildman–Crippen LogP) is 17.2. The molecule has 2 heteroatoms. The van der Waals surface area contributed by atoms with Crippen molar-refractivity contribution >= 4 is 71.3 Å². The van der Waals surface area contributed by atoms with E-state index in [1.807, 2.05) is 6.07 Å². The Labute approximate surface area is 360 Å². The van der Waals surface area contributed by atoms with Crippen molar-refractivity contribution in [2.24, 2.45) is 0 Å². The van der Waals surface area contributed by atoms with Crippen molar-refractivity contribution in [2.75, 3.05) is 4.90 Å². The Bertz CT molecular complexity index is 3610. The maximum absolute atomic E-state index is 6.54. The summed E-state index contributed by atoms with van der Waals surface area (Å²) in [5.41, 5.74) is 14.5. The van der Waals surface area contributed by atoms with E-state index in [1.165, 1.54) is 54.6 Å². The first-order valence-corrected chi connectivity index (χ1v) is 21.2. The summed E-state index contributed by atoms with van der Waals surface area (Å²) in [6.45, 7) is 0. The van der Waals surface area contributed by atoms with Crippen LogP contribution >= 0.6 is 0 Å². The minimum absolute atomic E-state index is 0.889. The largest absolute Gasteiger partial charge is 0.455 e. The molecule has 62 heavy (non-hydrogen) atoms. The lowest BCUT2D eigenvalue weighted by molar-refractivity contribution is 0.670. The molecule has 0 aliphatic heterocycles. The van der Waals surface area contributed by atoms with Crippen LogP contribution in [0.4, 0.5) is 17.1 Å². The number of furan rings is 1. The van der Waals surface area contributed by atoms with Crippen LogP contribution in [0.15, 0.2) is 241 Å². The van der Waals surface area contributed by atoms with Crippen LogP contribution in [0.25, 0.3) is 98.8 Å². The normalized spacial score (nSPS) is 11.5. The molecule has 2 nitrogen and oxygen atoms in total. The van der Waals surface area contributed by atoms with Crippen LogP contribution in [0.1, 0.15) is 0 Å². The SMILES string of the molecule is c1ccc(-c2cccc3c2oc2ccc(-c4ccccc4-c4ccc(N(c5ccc(-c6cccc7ccccc67)cc5)c5cc6ccccc6c6ccccc56)cc4)cc23)cc1. The standard InChI is InChI=1S/C60H39NO/c1-2-14-41(15-3-1)53-26-13-27-56-57-38-45(32-37-59(57)62-60(53)56)51-21-9-8-20-49(51)42-28-33-46(34-29-42)61(58-39-44-17-5-7-22-52(44)54-23-10-11-24-55(54)58)47-35-30-43(31-36-47)50-25-12-18-40-16-4-6-19-48(40)50/h1-39H. The lowest BCUT2D eigenvalue weighted by Crippen LogP contribution is -2.10. The fourth-order valence-corrected chi connectivity index (χ4v) is 9.50. The Hall–Kier alpha value is -8.20. The van der Waals surface area contributed by atoms with Gasteiger partial charge in [0.25, 0.3) is 0 Å². The first-order valence-electron chi connectivity index (χ1n) is 21.2. The van der Waals surface area contributed by atoms with E-state index in [9.17, 15) is 0 Å². The van der Waals surface area contributed by atoms with Crippen LogP contribution in [0.3, 0.4) is 0 Å². The highest BCUT2D eigenvalue weighted by atomic mass is 16.3. The van der Waals surface area contributed by atoms with E-state index in [1.54, 1.807) is 0 Å². The third kappa shape index (κ3) is 6.04. The molecule has 1 aromatic heterocycles. The van der Waals surface area contributed by atoms with Gasteiger partial charge < -0.3 is 9.32 Å². The molecule has 0 bridgehead atoms. The van der Waals surface area contributed by atoms with E-state index in [0.717, 1.165) is 61.3 Å².